The molecule has 0 unspecified atom stereocenters. The number of halogens is 1. The van der Waals surface area contributed by atoms with Gasteiger partial charge in [-0.15, -0.1) is 0 Å². The highest BCUT2D eigenvalue weighted by atomic mass is 19.1. The van der Waals surface area contributed by atoms with Crippen molar-refractivity contribution < 1.29 is 9.18 Å². The summed E-state index contributed by atoms with van der Waals surface area (Å²) in [5.41, 5.74) is 1.04. The van der Waals surface area contributed by atoms with E-state index in [1.54, 1.807) is 19.1 Å². The molecule has 2 rings (SSSR count). The molecule has 0 spiro atoms. The minimum absolute atomic E-state index is 0.0430. The molecule has 0 atom stereocenters. The number of amides is 1. The fourth-order valence-corrected chi connectivity index (χ4v) is 2.01. The molecule has 0 N–H and O–H groups in total. The zero-order valence-corrected chi connectivity index (χ0v) is 9.50. The van der Waals surface area contributed by atoms with Crippen molar-refractivity contribution in [2.75, 3.05) is 13.1 Å². The summed E-state index contributed by atoms with van der Waals surface area (Å²) in [6.45, 7) is 3.30. The van der Waals surface area contributed by atoms with Crippen molar-refractivity contribution in [2.45, 2.75) is 26.2 Å². The van der Waals surface area contributed by atoms with Gasteiger partial charge in [-0.3, -0.25) is 4.79 Å². The Morgan fingerprint density at radius 1 is 1.25 bits per heavy atom. The van der Waals surface area contributed by atoms with Crippen LogP contribution in [0.4, 0.5) is 4.39 Å². The predicted molar refractivity (Wildman–Crippen MR) is 60.9 cm³/mol. The van der Waals surface area contributed by atoms with Gasteiger partial charge in [-0.1, -0.05) is 6.07 Å². The molecule has 2 nitrogen and oxygen atoms in total. The maximum absolute atomic E-state index is 13.3. The number of piperidine rings is 1. The van der Waals surface area contributed by atoms with Gasteiger partial charge in [-0.25, -0.2) is 4.39 Å². The zero-order chi connectivity index (χ0) is 11.5. The lowest BCUT2D eigenvalue weighted by molar-refractivity contribution is 0.0724. The maximum atomic E-state index is 13.3. The molecular formula is C13H16FNO. The summed E-state index contributed by atoms with van der Waals surface area (Å²) in [5, 5.41) is 0. The van der Waals surface area contributed by atoms with Crippen LogP contribution in [0.1, 0.15) is 35.2 Å². The number of likely N-dealkylation sites (tertiary alicyclic amines) is 1. The maximum Gasteiger partial charge on any atom is 0.253 e. The summed E-state index contributed by atoms with van der Waals surface area (Å²) in [6.07, 6.45) is 3.30. The van der Waals surface area contributed by atoms with Gasteiger partial charge in [-0.2, -0.15) is 0 Å². The van der Waals surface area contributed by atoms with Crippen LogP contribution in [0.15, 0.2) is 18.2 Å². The molecule has 0 radical (unpaired) electrons. The fourth-order valence-electron chi connectivity index (χ4n) is 2.01. The number of carbonyl (C=O) groups is 1. The van der Waals surface area contributed by atoms with E-state index in [1.165, 1.54) is 12.5 Å². The number of hydrogen-bond donors (Lipinski definition) is 0. The van der Waals surface area contributed by atoms with Gasteiger partial charge < -0.3 is 4.90 Å². The molecule has 3 heteroatoms. The topological polar surface area (TPSA) is 20.3 Å². The SMILES string of the molecule is Cc1ccc(C(=O)N2CCCCC2)cc1F. The first-order valence-corrected chi connectivity index (χ1v) is 5.74. The van der Waals surface area contributed by atoms with E-state index >= 15 is 0 Å². The Labute approximate surface area is 95.1 Å². The molecule has 16 heavy (non-hydrogen) atoms. The molecule has 86 valence electrons. The number of carbonyl (C=O) groups excluding carboxylic acids is 1. The molecule has 0 aromatic heterocycles. The molecular weight excluding hydrogens is 205 g/mol. The number of aryl methyl sites for hydroxylation is 1. The molecule has 1 fully saturated rings. The molecule has 1 heterocycles. The van der Waals surface area contributed by atoms with Gasteiger partial charge in [0.25, 0.3) is 5.91 Å². The fraction of sp³-hybridized carbons (Fsp3) is 0.462. The third kappa shape index (κ3) is 2.23. The molecule has 1 aliphatic rings. The van der Waals surface area contributed by atoms with E-state index in [9.17, 15) is 9.18 Å². The van der Waals surface area contributed by atoms with Gasteiger partial charge in [0.05, 0.1) is 0 Å². The molecule has 0 saturated carbocycles. The van der Waals surface area contributed by atoms with E-state index in [4.69, 9.17) is 0 Å². The lowest BCUT2D eigenvalue weighted by Gasteiger charge is -2.26. The van der Waals surface area contributed by atoms with E-state index < -0.39 is 0 Å². The number of benzene rings is 1. The third-order valence-electron chi connectivity index (χ3n) is 3.06. The van der Waals surface area contributed by atoms with Crippen molar-refractivity contribution in [3.05, 3.63) is 35.1 Å². The predicted octanol–water partition coefficient (Wildman–Crippen LogP) is 2.76. The number of rotatable bonds is 1. The highest BCUT2D eigenvalue weighted by Crippen LogP contribution is 2.15. The largest absolute Gasteiger partial charge is 0.339 e. The molecule has 1 saturated heterocycles. The van der Waals surface area contributed by atoms with Crippen molar-refractivity contribution in [2.24, 2.45) is 0 Å². The molecule has 1 amide bonds. The Bertz CT molecular complexity index is 397. The molecule has 0 bridgehead atoms. The summed E-state index contributed by atoms with van der Waals surface area (Å²) in [7, 11) is 0. The highest BCUT2D eigenvalue weighted by molar-refractivity contribution is 5.94. The van der Waals surface area contributed by atoms with E-state index in [0.717, 1.165) is 25.9 Å². The van der Waals surface area contributed by atoms with Crippen molar-refractivity contribution >= 4 is 5.91 Å². The zero-order valence-electron chi connectivity index (χ0n) is 9.50. The molecule has 0 aliphatic carbocycles. The molecule has 1 aliphatic heterocycles. The minimum Gasteiger partial charge on any atom is -0.339 e. The number of nitrogens with zero attached hydrogens (tertiary/aromatic N) is 1. The van der Waals surface area contributed by atoms with Crippen molar-refractivity contribution in [1.29, 1.82) is 0 Å². The summed E-state index contributed by atoms with van der Waals surface area (Å²) < 4.78 is 13.3. The van der Waals surface area contributed by atoms with Crippen LogP contribution in [0, 0.1) is 12.7 Å². The highest BCUT2D eigenvalue weighted by Gasteiger charge is 2.18. The van der Waals surface area contributed by atoms with Gasteiger partial charge in [0.15, 0.2) is 0 Å². The van der Waals surface area contributed by atoms with E-state index in [0.29, 0.717) is 11.1 Å². The second-order valence-corrected chi connectivity index (χ2v) is 4.32. The molecule has 1 aromatic rings. The van der Waals surface area contributed by atoms with Gasteiger partial charge in [-0.05, 0) is 43.9 Å². The average Bonchev–Trinajstić information content (AvgIpc) is 2.33. The Morgan fingerprint density at radius 2 is 1.94 bits per heavy atom. The van der Waals surface area contributed by atoms with Gasteiger partial charge in [0.2, 0.25) is 0 Å². The Balaban J connectivity index is 2.16. The smallest absolute Gasteiger partial charge is 0.253 e. The van der Waals surface area contributed by atoms with Crippen LogP contribution in [0.5, 0.6) is 0 Å². The van der Waals surface area contributed by atoms with Gasteiger partial charge in [0, 0.05) is 18.7 Å². The van der Waals surface area contributed by atoms with Gasteiger partial charge in [0.1, 0.15) is 5.82 Å². The minimum atomic E-state index is -0.303. The van der Waals surface area contributed by atoms with Crippen molar-refractivity contribution in [1.82, 2.24) is 4.90 Å². The van der Waals surface area contributed by atoms with Gasteiger partial charge >= 0.3 is 0 Å². The first-order valence-electron chi connectivity index (χ1n) is 5.74. The van der Waals surface area contributed by atoms with E-state index in [1.807, 2.05) is 4.90 Å². The van der Waals surface area contributed by atoms with Crippen LogP contribution in [0.3, 0.4) is 0 Å². The van der Waals surface area contributed by atoms with E-state index in [-0.39, 0.29) is 11.7 Å². The summed E-state index contributed by atoms with van der Waals surface area (Å²) >= 11 is 0. The lowest BCUT2D eigenvalue weighted by Crippen LogP contribution is -2.35. The molecule has 1 aromatic carbocycles. The summed E-state index contributed by atoms with van der Waals surface area (Å²) in [4.78, 5) is 13.8. The second-order valence-electron chi connectivity index (χ2n) is 4.32. The Morgan fingerprint density at radius 3 is 2.56 bits per heavy atom. The average molecular weight is 221 g/mol. The third-order valence-corrected chi connectivity index (χ3v) is 3.06. The summed E-state index contributed by atoms with van der Waals surface area (Å²) in [5.74, 6) is -0.346. The van der Waals surface area contributed by atoms with Crippen LogP contribution in [0.2, 0.25) is 0 Å². The summed E-state index contributed by atoms with van der Waals surface area (Å²) in [6, 6.07) is 4.70. The Kier molecular flexibility index (Phi) is 3.22. The van der Waals surface area contributed by atoms with Crippen molar-refractivity contribution in [3.8, 4) is 0 Å². The first-order chi connectivity index (χ1) is 7.68. The monoisotopic (exact) mass is 221 g/mol. The normalized spacial score (nSPS) is 16.2. The second kappa shape index (κ2) is 4.64. The van der Waals surface area contributed by atoms with Crippen molar-refractivity contribution in [3.63, 3.8) is 0 Å². The van der Waals surface area contributed by atoms with Crippen LogP contribution >= 0.6 is 0 Å². The standard InChI is InChI=1S/C13H16FNO/c1-10-5-6-11(9-12(10)14)13(16)15-7-3-2-4-8-15/h5-6,9H,2-4,7-8H2,1H3. The first kappa shape index (κ1) is 11.1. The van der Waals surface area contributed by atoms with Crippen LogP contribution in [-0.4, -0.2) is 23.9 Å². The Hall–Kier alpha value is -1.38. The quantitative estimate of drug-likeness (QED) is 0.714. The van der Waals surface area contributed by atoms with E-state index in [2.05, 4.69) is 0 Å². The van der Waals surface area contributed by atoms with Crippen LogP contribution in [0.25, 0.3) is 0 Å². The van der Waals surface area contributed by atoms with Crippen LogP contribution in [-0.2, 0) is 0 Å². The van der Waals surface area contributed by atoms with Crippen LogP contribution < -0.4 is 0 Å². The lowest BCUT2D eigenvalue weighted by atomic mass is 10.1. The number of hydrogen-bond acceptors (Lipinski definition) is 1.